The van der Waals surface area contributed by atoms with Gasteiger partial charge < -0.3 is 11.5 Å². The fourth-order valence-electron chi connectivity index (χ4n) is 2.61. The molecule has 9 heteroatoms. The number of benzene rings is 1. The molecule has 26 heavy (non-hydrogen) atoms. The van der Waals surface area contributed by atoms with Gasteiger partial charge in [-0.2, -0.15) is 0 Å². The van der Waals surface area contributed by atoms with E-state index in [4.69, 9.17) is 11.5 Å². The quantitative estimate of drug-likeness (QED) is 0.634. The Kier molecular flexibility index (Phi) is 4.58. The lowest BCUT2D eigenvalue weighted by Gasteiger charge is -2.13. The minimum absolute atomic E-state index is 0.136. The lowest BCUT2D eigenvalue weighted by Crippen LogP contribution is -2.18. The largest absolute Gasteiger partial charge is 0.384 e. The zero-order valence-corrected chi connectivity index (χ0v) is 15.1. The molecule has 0 unspecified atom stereocenters. The molecule has 1 aromatic carbocycles. The van der Waals surface area contributed by atoms with Gasteiger partial charge in [-0.1, -0.05) is 12.1 Å². The monoisotopic (exact) mass is 370 g/mol. The highest BCUT2D eigenvalue weighted by Gasteiger charge is 2.17. The number of pyridine rings is 1. The number of hydrogen-bond acceptors (Lipinski definition) is 7. The summed E-state index contributed by atoms with van der Waals surface area (Å²) in [6.45, 7) is 1.83. The Morgan fingerprint density at radius 2 is 1.62 bits per heavy atom. The van der Waals surface area contributed by atoms with E-state index < -0.39 is 10.0 Å². The van der Waals surface area contributed by atoms with Gasteiger partial charge in [0.1, 0.15) is 5.82 Å². The summed E-state index contributed by atoms with van der Waals surface area (Å²) in [5, 5.41) is 0. The molecule has 2 aromatic heterocycles. The molecule has 0 spiro atoms. The molecule has 3 rings (SSSR count). The highest BCUT2D eigenvalue weighted by atomic mass is 32.2. The minimum atomic E-state index is -3.51. The number of sulfonamides is 1. The molecule has 5 N–H and O–H groups in total. The van der Waals surface area contributed by atoms with Crippen molar-refractivity contribution >= 4 is 21.8 Å². The second kappa shape index (κ2) is 6.70. The molecule has 134 valence electrons. The van der Waals surface area contributed by atoms with Crippen LogP contribution in [0.5, 0.6) is 0 Å². The van der Waals surface area contributed by atoms with E-state index in [1.54, 1.807) is 24.4 Å². The Bertz CT molecular complexity index is 1050. The molecule has 0 fully saturated rings. The van der Waals surface area contributed by atoms with Crippen LogP contribution in [0.1, 0.15) is 5.69 Å². The second-order valence-electron chi connectivity index (χ2n) is 5.59. The maximum Gasteiger partial charge on any atom is 0.240 e. The van der Waals surface area contributed by atoms with E-state index in [9.17, 15) is 8.42 Å². The van der Waals surface area contributed by atoms with Crippen molar-refractivity contribution < 1.29 is 8.42 Å². The maximum atomic E-state index is 11.9. The molecular formula is C17H18N6O2S. The Morgan fingerprint density at radius 1 is 0.962 bits per heavy atom. The number of nitrogens with two attached hydrogens (primary N) is 2. The molecule has 0 saturated heterocycles. The fourth-order valence-corrected chi connectivity index (χ4v) is 3.34. The number of nitrogen functional groups attached to an aromatic ring is 2. The van der Waals surface area contributed by atoms with Crippen molar-refractivity contribution in [3.63, 3.8) is 0 Å². The van der Waals surface area contributed by atoms with Gasteiger partial charge in [0.15, 0.2) is 0 Å². The lowest BCUT2D eigenvalue weighted by atomic mass is 9.99. The van der Waals surface area contributed by atoms with Crippen LogP contribution in [0.2, 0.25) is 0 Å². The predicted octanol–water partition coefficient (Wildman–Crippen LogP) is 1.59. The van der Waals surface area contributed by atoms with Crippen LogP contribution in [0.3, 0.4) is 0 Å². The average Bonchev–Trinajstić information content (AvgIpc) is 2.62. The van der Waals surface area contributed by atoms with Gasteiger partial charge in [0.05, 0.1) is 16.3 Å². The molecular weight excluding hydrogens is 352 g/mol. The summed E-state index contributed by atoms with van der Waals surface area (Å²) >= 11 is 0. The van der Waals surface area contributed by atoms with Crippen LogP contribution in [-0.2, 0) is 10.0 Å². The molecule has 0 saturated carbocycles. The first-order valence-corrected chi connectivity index (χ1v) is 9.20. The smallest absolute Gasteiger partial charge is 0.240 e. The third kappa shape index (κ3) is 3.35. The Labute approximate surface area is 151 Å². The number of anilines is 2. The normalized spacial score (nSPS) is 11.5. The van der Waals surface area contributed by atoms with Crippen LogP contribution >= 0.6 is 0 Å². The third-order valence-electron chi connectivity index (χ3n) is 3.89. The van der Waals surface area contributed by atoms with Crippen LogP contribution in [0.4, 0.5) is 11.8 Å². The Morgan fingerprint density at radius 3 is 2.19 bits per heavy atom. The average molecular weight is 370 g/mol. The molecule has 0 aliphatic rings. The van der Waals surface area contributed by atoms with Crippen LogP contribution in [0.25, 0.3) is 22.4 Å². The van der Waals surface area contributed by atoms with Gasteiger partial charge in [-0.15, -0.1) is 0 Å². The summed E-state index contributed by atoms with van der Waals surface area (Å²) in [6, 6.07) is 9.91. The van der Waals surface area contributed by atoms with E-state index in [-0.39, 0.29) is 10.8 Å². The van der Waals surface area contributed by atoms with Gasteiger partial charge in [0, 0.05) is 22.9 Å². The van der Waals surface area contributed by atoms with E-state index in [0.29, 0.717) is 22.8 Å². The highest BCUT2D eigenvalue weighted by Crippen LogP contribution is 2.33. The summed E-state index contributed by atoms with van der Waals surface area (Å²) in [5.41, 5.74) is 15.0. The summed E-state index contributed by atoms with van der Waals surface area (Å²) in [7, 11) is -2.15. The van der Waals surface area contributed by atoms with Crippen LogP contribution in [0, 0.1) is 6.92 Å². The second-order valence-corrected chi connectivity index (χ2v) is 7.48. The number of aromatic nitrogens is 3. The summed E-state index contributed by atoms with van der Waals surface area (Å²) < 4.78 is 26.1. The molecule has 0 aliphatic heterocycles. The number of rotatable bonds is 4. The van der Waals surface area contributed by atoms with Gasteiger partial charge in [-0.25, -0.2) is 28.1 Å². The number of nitrogens with one attached hydrogen (secondary N) is 1. The van der Waals surface area contributed by atoms with Crippen LogP contribution in [-0.4, -0.2) is 30.4 Å². The highest BCUT2D eigenvalue weighted by molar-refractivity contribution is 7.89. The van der Waals surface area contributed by atoms with Gasteiger partial charge in [-0.05, 0) is 38.2 Å². The van der Waals surface area contributed by atoms with Crippen molar-refractivity contribution in [2.45, 2.75) is 11.8 Å². The third-order valence-corrected chi connectivity index (χ3v) is 5.32. The number of hydrogen-bond donors (Lipinski definition) is 3. The molecule has 0 radical (unpaired) electrons. The standard InChI is InChI=1S/C17H18N6O2S/c1-10-15(12-5-8-14(18)21-9-12)16(23-17(19)22-10)11-3-6-13(7-4-11)26(24,25)20-2/h3-9,20H,1-2H3,(H2,18,21)(H2,19,22,23). The molecule has 0 atom stereocenters. The van der Waals surface area contributed by atoms with E-state index in [1.807, 2.05) is 13.0 Å². The van der Waals surface area contributed by atoms with Crippen molar-refractivity contribution in [1.82, 2.24) is 19.7 Å². The predicted molar refractivity (Wildman–Crippen MR) is 101 cm³/mol. The summed E-state index contributed by atoms with van der Waals surface area (Å²) in [5.74, 6) is 0.544. The number of aryl methyl sites for hydroxylation is 1. The first-order valence-electron chi connectivity index (χ1n) is 7.72. The first-order chi connectivity index (χ1) is 12.3. The SMILES string of the molecule is CNS(=O)(=O)c1ccc(-c2nc(N)nc(C)c2-c2ccc(N)nc2)cc1. The zero-order valence-electron chi connectivity index (χ0n) is 14.3. The van der Waals surface area contributed by atoms with Crippen LogP contribution < -0.4 is 16.2 Å². The van der Waals surface area contributed by atoms with Gasteiger partial charge in [-0.3, -0.25) is 0 Å². The topological polar surface area (TPSA) is 137 Å². The molecule has 0 aliphatic carbocycles. The van der Waals surface area contributed by atoms with Crippen molar-refractivity contribution in [2.24, 2.45) is 0 Å². The van der Waals surface area contributed by atoms with Crippen LogP contribution in [0.15, 0.2) is 47.5 Å². The molecule has 3 aromatic rings. The van der Waals surface area contributed by atoms with Gasteiger partial charge in [0.25, 0.3) is 0 Å². The molecule has 2 heterocycles. The van der Waals surface area contributed by atoms with Crippen molar-refractivity contribution in [3.05, 3.63) is 48.3 Å². The van der Waals surface area contributed by atoms with E-state index in [1.165, 1.54) is 19.2 Å². The maximum absolute atomic E-state index is 11.9. The molecule has 0 amide bonds. The van der Waals surface area contributed by atoms with E-state index in [2.05, 4.69) is 19.7 Å². The van der Waals surface area contributed by atoms with Gasteiger partial charge >= 0.3 is 0 Å². The van der Waals surface area contributed by atoms with E-state index >= 15 is 0 Å². The van der Waals surface area contributed by atoms with Crippen molar-refractivity contribution in [1.29, 1.82) is 0 Å². The van der Waals surface area contributed by atoms with Crippen molar-refractivity contribution in [3.8, 4) is 22.4 Å². The minimum Gasteiger partial charge on any atom is -0.384 e. The van der Waals surface area contributed by atoms with Gasteiger partial charge in [0.2, 0.25) is 16.0 Å². The first kappa shape index (κ1) is 17.8. The molecule has 8 nitrogen and oxygen atoms in total. The lowest BCUT2D eigenvalue weighted by molar-refractivity contribution is 0.588. The zero-order chi connectivity index (χ0) is 18.9. The van der Waals surface area contributed by atoms with E-state index in [0.717, 1.165) is 11.1 Å². The van der Waals surface area contributed by atoms with Crippen molar-refractivity contribution in [2.75, 3.05) is 18.5 Å². The summed E-state index contributed by atoms with van der Waals surface area (Å²) in [6.07, 6.45) is 1.64. The Hall–Kier alpha value is -3.04. The Balaban J connectivity index is 2.17. The number of nitrogens with zero attached hydrogens (tertiary/aromatic N) is 3. The summed E-state index contributed by atoms with van der Waals surface area (Å²) in [4.78, 5) is 12.9. The molecule has 0 bridgehead atoms. The fraction of sp³-hybridized carbons (Fsp3) is 0.118.